The number of hydrogen-bond donors (Lipinski definition) is 2. The molecular formula is C21H24N4OS. The van der Waals surface area contributed by atoms with Gasteiger partial charge in [0.15, 0.2) is 5.11 Å². The first-order valence-electron chi connectivity index (χ1n) is 8.99. The molecule has 0 aliphatic carbocycles. The number of piperazine rings is 1. The summed E-state index contributed by atoms with van der Waals surface area (Å²) in [4.78, 5) is 16.7. The van der Waals surface area contributed by atoms with Gasteiger partial charge in [0.25, 0.3) is 0 Å². The molecule has 6 heteroatoms. The summed E-state index contributed by atoms with van der Waals surface area (Å²) in [6.45, 7) is 4.22. The zero-order valence-electron chi connectivity index (χ0n) is 15.4. The summed E-state index contributed by atoms with van der Waals surface area (Å²) < 4.78 is 0. The first-order chi connectivity index (χ1) is 13.1. The number of rotatable bonds is 4. The van der Waals surface area contributed by atoms with Crippen LogP contribution in [0.15, 0.2) is 60.7 Å². The van der Waals surface area contributed by atoms with Crippen LogP contribution >= 0.6 is 12.2 Å². The summed E-state index contributed by atoms with van der Waals surface area (Å²) in [7, 11) is 2.15. The van der Waals surface area contributed by atoms with Crippen molar-refractivity contribution < 1.29 is 4.79 Å². The molecule has 0 aromatic heterocycles. The maximum Gasteiger partial charge on any atom is 0.250 e. The molecule has 1 heterocycles. The summed E-state index contributed by atoms with van der Waals surface area (Å²) in [5, 5.41) is 5.99. The highest BCUT2D eigenvalue weighted by atomic mass is 32.1. The van der Waals surface area contributed by atoms with Crippen molar-refractivity contribution in [2.75, 3.05) is 43.4 Å². The van der Waals surface area contributed by atoms with E-state index in [1.54, 1.807) is 6.08 Å². The van der Waals surface area contributed by atoms with Crippen molar-refractivity contribution >= 4 is 40.7 Å². The Labute approximate surface area is 165 Å². The zero-order chi connectivity index (χ0) is 19.1. The molecule has 3 rings (SSSR count). The lowest BCUT2D eigenvalue weighted by molar-refractivity contribution is -0.115. The molecule has 1 saturated heterocycles. The van der Waals surface area contributed by atoms with Crippen LogP contribution in [-0.4, -0.2) is 49.1 Å². The van der Waals surface area contributed by atoms with E-state index in [1.807, 2.05) is 42.5 Å². The number of anilines is 2. The number of amides is 1. The quantitative estimate of drug-likeness (QED) is 0.631. The first-order valence-corrected chi connectivity index (χ1v) is 9.39. The van der Waals surface area contributed by atoms with Gasteiger partial charge in [0.05, 0.1) is 0 Å². The van der Waals surface area contributed by atoms with Gasteiger partial charge in [-0.3, -0.25) is 10.1 Å². The number of carbonyl (C=O) groups excluding carboxylic acids is 1. The van der Waals surface area contributed by atoms with Gasteiger partial charge in [-0.15, -0.1) is 0 Å². The molecule has 0 bridgehead atoms. The van der Waals surface area contributed by atoms with Crippen LogP contribution in [0, 0.1) is 0 Å². The fraction of sp³-hybridized carbons (Fsp3) is 0.238. The van der Waals surface area contributed by atoms with E-state index in [0.717, 1.165) is 37.4 Å². The van der Waals surface area contributed by atoms with E-state index in [0.29, 0.717) is 0 Å². The first kappa shape index (κ1) is 19.1. The van der Waals surface area contributed by atoms with Crippen LogP contribution in [-0.2, 0) is 4.79 Å². The molecule has 0 unspecified atom stereocenters. The van der Waals surface area contributed by atoms with Gasteiger partial charge in [-0.05, 0) is 55.2 Å². The predicted molar refractivity (Wildman–Crippen MR) is 116 cm³/mol. The third-order valence-electron chi connectivity index (χ3n) is 4.46. The van der Waals surface area contributed by atoms with E-state index in [4.69, 9.17) is 12.2 Å². The summed E-state index contributed by atoms with van der Waals surface area (Å²) >= 11 is 5.22. The van der Waals surface area contributed by atoms with Gasteiger partial charge in [-0.1, -0.05) is 30.3 Å². The second kappa shape index (κ2) is 9.30. The summed E-state index contributed by atoms with van der Waals surface area (Å²) in [5.74, 6) is -0.259. The number of nitrogens with one attached hydrogen (secondary N) is 2. The molecule has 0 atom stereocenters. The number of thiocarbonyl (C=S) groups is 1. The van der Waals surface area contributed by atoms with Gasteiger partial charge in [0.2, 0.25) is 5.91 Å². The zero-order valence-corrected chi connectivity index (χ0v) is 16.2. The van der Waals surface area contributed by atoms with Crippen LogP contribution < -0.4 is 15.5 Å². The van der Waals surface area contributed by atoms with Gasteiger partial charge in [-0.25, -0.2) is 0 Å². The summed E-state index contributed by atoms with van der Waals surface area (Å²) in [6, 6.07) is 17.8. The van der Waals surface area contributed by atoms with E-state index in [1.165, 1.54) is 11.8 Å². The molecule has 2 aromatic carbocycles. The standard InChI is InChI=1S/C21H24N4OS/c1-24-13-15-25(16-14-24)19-10-8-18(9-11-19)22-21(27)23-20(26)12-7-17-5-3-2-4-6-17/h2-12H,13-16H2,1H3,(H2,22,23,26,27)/b12-7+. The Balaban J connectivity index is 1.49. The highest BCUT2D eigenvalue weighted by Crippen LogP contribution is 2.19. The normalized spacial score (nSPS) is 14.9. The van der Waals surface area contributed by atoms with E-state index >= 15 is 0 Å². The molecule has 0 spiro atoms. The van der Waals surface area contributed by atoms with Crippen molar-refractivity contribution in [2.45, 2.75) is 0 Å². The van der Waals surface area contributed by atoms with E-state index in [2.05, 4.69) is 39.6 Å². The minimum Gasteiger partial charge on any atom is -0.369 e. The molecule has 1 aliphatic rings. The molecule has 0 saturated carbocycles. The molecular weight excluding hydrogens is 356 g/mol. The number of carbonyl (C=O) groups is 1. The Bertz CT molecular complexity index is 797. The Kier molecular flexibility index (Phi) is 6.57. The number of hydrogen-bond acceptors (Lipinski definition) is 4. The molecule has 2 aromatic rings. The Morgan fingerprint density at radius 1 is 1.00 bits per heavy atom. The van der Waals surface area contributed by atoms with Crippen molar-refractivity contribution in [1.29, 1.82) is 0 Å². The molecule has 1 aliphatic heterocycles. The summed E-state index contributed by atoms with van der Waals surface area (Å²) in [5.41, 5.74) is 3.02. The Morgan fingerprint density at radius 3 is 2.33 bits per heavy atom. The van der Waals surface area contributed by atoms with Crippen LogP contribution in [0.25, 0.3) is 6.08 Å². The summed E-state index contributed by atoms with van der Waals surface area (Å²) in [6.07, 6.45) is 3.22. The van der Waals surface area contributed by atoms with Crippen LogP contribution in [0.1, 0.15) is 5.56 Å². The fourth-order valence-electron chi connectivity index (χ4n) is 2.87. The highest BCUT2D eigenvalue weighted by Gasteiger charge is 2.14. The lowest BCUT2D eigenvalue weighted by Gasteiger charge is -2.34. The maximum absolute atomic E-state index is 12.0. The van der Waals surface area contributed by atoms with Crippen molar-refractivity contribution in [1.82, 2.24) is 10.2 Å². The lowest BCUT2D eigenvalue weighted by Crippen LogP contribution is -2.44. The van der Waals surface area contributed by atoms with Gasteiger partial charge >= 0.3 is 0 Å². The largest absolute Gasteiger partial charge is 0.369 e. The molecule has 0 radical (unpaired) electrons. The minimum absolute atomic E-state index is 0.259. The fourth-order valence-corrected chi connectivity index (χ4v) is 3.09. The van der Waals surface area contributed by atoms with Gasteiger partial charge in [-0.2, -0.15) is 0 Å². The average Bonchev–Trinajstić information content (AvgIpc) is 2.68. The van der Waals surface area contributed by atoms with Crippen molar-refractivity contribution in [3.63, 3.8) is 0 Å². The van der Waals surface area contributed by atoms with E-state index in [9.17, 15) is 4.79 Å². The average molecular weight is 381 g/mol. The smallest absolute Gasteiger partial charge is 0.250 e. The van der Waals surface area contributed by atoms with E-state index in [-0.39, 0.29) is 11.0 Å². The van der Waals surface area contributed by atoms with Gasteiger partial charge in [0, 0.05) is 43.6 Å². The van der Waals surface area contributed by atoms with Crippen LogP contribution in [0.2, 0.25) is 0 Å². The predicted octanol–water partition coefficient (Wildman–Crippen LogP) is 2.96. The van der Waals surface area contributed by atoms with Gasteiger partial charge < -0.3 is 15.1 Å². The highest BCUT2D eigenvalue weighted by molar-refractivity contribution is 7.80. The van der Waals surface area contributed by atoms with Crippen LogP contribution in [0.4, 0.5) is 11.4 Å². The Hall–Kier alpha value is -2.70. The molecule has 140 valence electrons. The molecule has 5 nitrogen and oxygen atoms in total. The van der Waals surface area contributed by atoms with Crippen LogP contribution in [0.5, 0.6) is 0 Å². The molecule has 2 N–H and O–H groups in total. The van der Waals surface area contributed by atoms with Crippen molar-refractivity contribution in [3.8, 4) is 0 Å². The van der Waals surface area contributed by atoms with Crippen molar-refractivity contribution in [2.24, 2.45) is 0 Å². The second-order valence-electron chi connectivity index (χ2n) is 6.52. The molecule has 27 heavy (non-hydrogen) atoms. The van der Waals surface area contributed by atoms with Crippen LogP contribution in [0.3, 0.4) is 0 Å². The third-order valence-corrected chi connectivity index (χ3v) is 4.66. The van der Waals surface area contributed by atoms with Crippen molar-refractivity contribution in [3.05, 3.63) is 66.2 Å². The second-order valence-corrected chi connectivity index (χ2v) is 6.93. The van der Waals surface area contributed by atoms with E-state index < -0.39 is 0 Å². The number of benzene rings is 2. The molecule has 1 fully saturated rings. The number of nitrogens with zero attached hydrogens (tertiary/aromatic N) is 2. The SMILES string of the molecule is CN1CCN(c2ccc(NC(=S)NC(=O)/C=C/c3ccccc3)cc2)CC1. The number of likely N-dealkylation sites (N-methyl/N-ethyl adjacent to an activating group) is 1. The Morgan fingerprint density at radius 2 is 1.67 bits per heavy atom. The monoisotopic (exact) mass is 380 g/mol. The topological polar surface area (TPSA) is 47.6 Å². The lowest BCUT2D eigenvalue weighted by atomic mass is 10.2. The maximum atomic E-state index is 12.0. The molecule has 1 amide bonds. The third kappa shape index (κ3) is 5.91. The van der Waals surface area contributed by atoms with Gasteiger partial charge in [0.1, 0.15) is 0 Å². The minimum atomic E-state index is -0.259.